The van der Waals surface area contributed by atoms with Gasteiger partial charge in [-0.1, -0.05) is 29.8 Å². The maximum Gasteiger partial charge on any atom is 0.330 e. The van der Waals surface area contributed by atoms with Crippen LogP contribution in [-0.4, -0.2) is 44.2 Å². The number of rotatable bonds is 3. The number of aryl methyl sites for hydroxylation is 1. The Hall–Kier alpha value is -1.39. The van der Waals surface area contributed by atoms with Crippen LogP contribution < -0.4 is 5.32 Å². The Morgan fingerprint density at radius 1 is 1.26 bits per heavy atom. The van der Waals surface area contributed by atoms with Crippen molar-refractivity contribution in [2.75, 3.05) is 33.3 Å². The second-order valence-electron chi connectivity index (χ2n) is 5.17. The molecule has 0 saturated carbocycles. The van der Waals surface area contributed by atoms with Gasteiger partial charge in [-0.3, -0.25) is 4.90 Å². The highest BCUT2D eigenvalue weighted by molar-refractivity contribution is 5.82. The molecule has 1 N–H and O–H groups in total. The molecule has 1 fully saturated rings. The third-order valence-corrected chi connectivity index (χ3v) is 3.95. The summed E-state index contributed by atoms with van der Waals surface area (Å²) >= 11 is 0. The number of hydrogen-bond donors (Lipinski definition) is 1. The number of benzene rings is 1. The average Bonchev–Trinajstić information content (AvgIpc) is 2.47. The van der Waals surface area contributed by atoms with Gasteiger partial charge in [0.05, 0.1) is 7.11 Å². The monoisotopic (exact) mass is 262 g/mol. The minimum absolute atomic E-state index is 0.196. The van der Waals surface area contributed by atoms with E-state index in [0.717, 1.165) is 31.7 Å². The highest BCUT2D eigenvalue weighted by Gasteiger charge is 2.42. The Balaban J connectivity index is 2.38. The molecular formula is C15H22N2O2. The number of nitrogens with one attached hydrogen (secondary N) is 1. The molecule has 0 spiro atoms. The number of ether oxygens (including phenoxy) is 1. The number of piperazine rings is 1. The molecule has 2 rings (SSSR count). The number of esters is 1. The van der Waals surface area contributed by atoms with Crippen molar-refractivity contribution in [3.63, 3.8) is 0 Å². The molecule has 0 bridgehead atoms. The average molecular weight is 262 g/mol. The zero-order valence-corrected chi connectivity index (χ0v) is 11.9. The Labute approximate surface area is 114 Å². The van der Waals surface area contributed by atoms with E-state index < -0.39 is 5.54 Å². The van der Waals surface area contributed by atoms with Crippen molar-refractivity contribution in [2.45, 2.75) is 19.4 Å². The first-order chi connectivity index (χ1) is 9.09. The first kappa shape index (κ1) is 14.0. The summed E-state index contributed by atoms with van der Waals surface area (Å²) in [5, 5.41) is 3.31. The number of nitrogens with zero attached hydrogens (tertiary/aromatic N) is 1. The van der Waals surface area contributed by atoms with Crippen molar-refractivity contribution in [3.05, 3.63) is 35.4 Å². The van der Waals surface area contributed by atoms with Crippen molar-refractivity contribution in [1.82, 2.24) is 10.2 Å². The van der Waals surface area contributed by atoms with Crippen LogP contribution in [0.15, 0.2) is 24.3 Å². The minimum Gasteiger partial charge on any atom is -0.467 e. The van der Waals surface area contributed by atoms with Crippen LogP contribution in [-0.2, 0) is 15.1 Å². The molecule has 0 radical (unpaired) electrons. The largest absolute Gasteiger partial charge is 0.467 e. The lowest BCUT2D eigenvalue weighted by Gasteiger charge is -2.41. The number of carbonyl (C=O) groups is 1. The predicted molar refractivity (Wildman–Crippen MR) is 75.0 cm³/mol. The van der Waals surface area contributed by atoms with Gasteiger partial charge in [-0.25, -0.2) is 4.79 Å². The van der Waals surface area contributed by atoms with Gasteiger partial charge in [-0.15, -0.1) is 0 Å². The second kappa shape index (κ2) is 5.72. The van der Waals surface area contributed by atoms with Crippen molar-refractivity contribution >= 4 is 5.97 Å². The molecule has 1 unspecified atom stereocenters. The zero-order valence-electron chi connectivity index (χ0n) is 11.9. The van der Waals surface area contributed by atoms with Gasteiger partial charge in [0.2, 0.25) is 0 Å². The molecule has 4 nitrogen and oxygen atoms in total. The first-order valence-corrected chi connectivity index (χ1v) is 6.70. The Morgan fingerprint density at radius 3 is 2.37 bits per heavy atom. The van der Waals surface area contributed by atoms with Crippen LogP contribution in [0.5, 0.6) is 0 Å². The summed E-state index contributed by atoms with van der Waals surface area (Å²) in [6.07, 6.45) is 0. The summed E-state index contributed by atoms with van der Waals surface area (Å²) in [4.78, 5) is 14.5. The quantitative estimate of drug-likeness (QED) is 0.833. The first-order valence-electron chi connectivity index (χ1n) is 6.70. The third-order valence-electron chi connectivity index (χ3n) is 3.95. The lowest BCUT2D eigenvalue weighted by atomic mass is 9.89. The molecule has 19 heavy (non-hydrogen) atoms. The van der Waals surface area contributed by atoms with E-state index in [1.54, 1.807) is 0 Å². The van der Waals surface area contributed by atoms with Crippen LogP contribution >= 0.6 is 0 Å². The molecule has 1 aromatic rings. The van der Waals surface area contributed by atoms with E-state index in [9.17, 15) is 4.79 Å². The van der Waals surface area contributed by atoms with E-state index in [1.165, 1.54) is 12.7 Å². The fraction of sp³-hybridized carbons (Fsp3) is 0.533. The van der Waals surface area contributed by atoms with E-state index in [1.807, 2.05) is 38.1 Å². The van der Waals surface area contributed by atoms with E-state index in [0.29, 0.717) is 0 Å². The predicted octanol–water partition coefficient (Wildman–Crippen LogP) is 1.29. The molecule has 0 amide bonds. The van der Waals surface area contributed by atoms with Crippen LogP contribution in [0.4, 0.5) is 0 Å². The molecular weight excluding hydrogens is 240 g/mol. The minimum atomic E-state index is -0.704. The smallest absolute Gasteiger partial charge is 0.330 e. The summed E-state index contributed by atoms with van der Waals surface area (Å²) in [5.41, 5.74) is 1.48. The Morgan fingerprint density at radius 2 is 1.84 bits per heavy atom. The number of methoxy groups -OCH3 is 1. The molecule has 0 aliphatic carbocycles. The van der Waals surface area contributed by atoms with Crippen LogP contribution in [0.1, 0.15) is 18.1 Å². The summed E-state index contributed by atoms with van der Waals surface area (Å²) in [7, 11) is 1.46. The molecule has 0 aromatic heterocycles. The molecule has 1 saturated heterocycles. The van der Waals surface area contributed by atoms with Crippen molar-refractivity contribution in [1.29, 1.82) is 0 Å². The molecule has 1 heterocycles. The van der Waals surface area contributed by atoms with Crippen LogP contribution in [0.2, 0.25) is 0 Å². The zero-order chi connectivity index (χ0) is 13.9. The van der Waals surface area contributed by atoms with E-state index in [2.05, 4.69) is 10.2 Å². The van der Waals surface area contributed by atoms with Gasteiger partial charge in [0.1, 0.15) is 5.54 Å². The van der Waals surface area contributed by atoms with Crippen LogP contribution in [0.25, 0.3) is 0 Å². The summed E-state index contributed by atoms with van der Waals surface area (Å²) in [6, 6.07) is 8.13. The lowest BCUT2D eigenvalue weighted by molar-refractivity contribution is -0.155. The normalized spacial score (nSPS) is 19.7. The van der Waals surface area contributed by atoms with Gasteiger partial charge in [-0.05, 0) is 19.4 Å². The molecule has 1 aliphatic heterocycles. The molecule has 4 heteroatoms. The molecule has 1 aromatic carbocycles. The third kappa shape index (κ3) is 2.65. The molecule has 1 aliphatic rings. The van der Waals surface area contributed by atoms with E-state index in [4.69, 9.17) is 4.74 Å². The van der Waals surface area contributed by atoms with E-state index >= 15 is 0 Å². The van der Waals surface area contributed by atoms with Gasteiger partial charge in [-0.2, -0.15) is 0 Å². The number of carbonyl (C=O) groups excluding carboxylic acids is 1. The van der Waals surface area contributed by atoms with Crippen molar-refractivity contribution in [3.8, 4) is 0 Å². The Bertz CT molecular complexity index is 438. The van der Waals surface area contributed by atoms with Crippen LogP contribution in [0, 0.1) is 6.92 Å². The number of hydrogen-bond acceptors (Lipinski definition) is 4. The summed E-state index contributed by atoms with van der Waals surface area (Å²) < 4.78 is 5.05. The van der Waals surface area contributed by atoms with Gasteiger partial charge in [0.15, 0.2) is 0 Å². The fourth-order valence-corrected chi connectivity index (χ4v) is 2.62. The van der Waals surface area contributed by atoms with Gasteiger partial charge >= 0.3 is 5.97 Å². The lowest BCUT2D eigenvalue weighted by Crippen LogP contribution is -2.57. The molecule has 1 atom stereocenters. The topological polar surface area (TPSA) is 41.6 Å². The molecule has 104 valence electrons. The standard InChI is InChI=1S/C15H22N2O2/c1-12-4-6-13(7-5-12)15(2,14(18)19-3)17-10-8-16-9-11-17/h4-7,16H,8-11H2,1-3H3. The van der Waals surface area contributed by atoms with Crippen LogP contribution in [0.3, 0.4) is 0 Å². The second-order valence-corrected chi connectivity index (χ2v) is 5.17. The Kier molecular flexibility index (Phi) is 4.22. The highest BCUT2D eigenvalue weighted by Crippen LogP contribution is 2.30. The van der Waals surface area contributed by atoms with Gasteiger partial charge < -0.3 is 10.1 Å². The van der Waals surface area contributed by atoms with Crippen molar-refractivity contribution < 1.29 is 9.53 Å². The SMILES string of the molecule is COC(=O)C(C)(c1ccc(C)cc1)N1CCNCC1. The van der Waals surface area contributed by atoms with E-state index in [-0.39, 0.29) is 5.97 Å². The fourth-order valence-electron chi connectivity index (χ4n) is 2.62. The summed E-state index contributed by atoms with van der Waals surface area (Å²) in [6.45, 7) is 7.49. The maximum absolute atomic E-state index is 12.3. The summed E-state index contributed by atoms with van der Waals surface area (Å²) in [5.74, 6) is -0.196. The highest BCUT2D eigenvalue weighted by atomic mass is 16.5. The van der Waals surface area contributed by atoms with Gasteiger partial charge in [0, 0.05) is 26.2 Å². The maximum atomic E-state index is 12.3. The van der Waals surface area contributed by atoms with Crippen molar-refractivity contribution in [2.24, 2.45) is 0 Å². The van der Waals surface area contributed by atoms with Gasteiger partial charge in [0.25, 0.3) is 0 Å².